The number of hydrogen-bond donors (Lipinski definition) is 3. The second-order valence-electron chi connectivity index (χ2n) is 4.41. The maximum Gasteiger partial charge on any atom is 0.245 e. The molecule has 0 saturated carbocycles. The van der Waals surface area contributed by atoms with Crippen LogP contribution in [0.15, 0.2) is 0 Å². The van der Waals surface area contributed by atoms with Crippen molar-refractivity contribution in [2.24, 2.45) is 5.73 Å². The Balaban J connectivity index is 3.22. The lowest BCUT2D eigenvalue weighted by atomic mass is 10.1. The molecule has 7 nitrogen and oxygen atoms in total. The third-order valence-corrected chi connectivity index (χ3v) is 2.56. The summed E-state index contributed by atoms with van der Waals surface area (Å²) >= 11 is 0. The van der Waals surface area contributed by atoms with E-state index < -0.39 is 6.04 Å². The molecule has 118 valence electrons. The van der Waals surface area contributed by atoms with Crippen LogP contribution in [0.1, 0.15) is 19.3 Å². The first-order valence-corrected chi connectivity index (χ1v) is 6.98. The van der Waals surface area contributed by atoms with Crippen LogP contribution in [0.25, 0.3) is 0 Å². The number of nitrogens with two attached hydrogens (primary N) is 1. The van der Waals surface area contributed by atoms with E-state index in [1.807, 2.05) is 7.05 Å². The molecule has 7 heteroatoms. The summed E-state index contributed by atoms with van der Waals surface area (Å²) in [6, 6.07) is -0.392. The van der Waals surface area contributed by atoms with Crippen molar-refractivity contribution >= 4 is 12.2 Å². The monoisotopic (exact) mass is 289 g/mol. The van der Waals surface area contributed by atoms with Crippen molar-refractivity contribution in [1.82, 2.24) is 10.6 Å². The maximum atomic E-state index is 11.4. The van der Waals surface area contributed by atoms with Gasteiger partial charge in [-0.05, 0) is 26.3 Å². The predicted octanol–water partition coefficient (Wildman–Crippen LogP) is -0.948. The van der Waals surface area contributed by atoms with Gasteiger partial charge in [-0.2, -0.15) is 0 Å². The number of nitrogens with one attached hydrogen (secondary N) is 2. The third kappa shape index (κ3) is 13.4. The van der Waals surface area contributed by atoms with E-state index in [1.165, 1.54) is 0 Å². The van der Waals surface area contributed by atoms with Crippen LogP contribution in [0, 0.1) is 0 Å². The Morgan fingerprint density at radius 3 is 2.65 bits per heavy atom. The summed E-state index contributed by atoms with van der Waals surface area (Å²) in [6.45, 7) is 2.95. The summed E-state index contributed by atoms with van der Waals surface area (Å²) < 4.78 is 10.4. The Kier molecular flexibility index (Phi) is 13.7. The van der Waals surface area contributed by atoms with Crippen molar-refractivity contribution in [2.45, 2.75) is 25.3 Å². The van der Waals surface area contributed by atoms with Crippen molar-refractivity contribution in [1.29, 1.82) is 0 Å². The van der Waals surface area contributed by atoms with Gasteiger partial charge in [0.15, 0.2) is 0 Å². The van der Waals surface area contributed by atoms with Crippen LogP contribution in [0.4, 0.5) is 0 Å². The van der Waals surface area contributed by atoms with E-state index in [2.05, 4.69) is 10.6 Å². The van der Waals surface area contributed by atoms with Crippen molar-refractivity contribution in [3.8, 4) is 0 Å². The van der Waals surface area contributed by atoms with Gasteiger partial charge in [0.25, 0.3) is 0 Å². The number of carbonyl (C=O) groups excluding carboxylic acids is 2. The summed E-state index contributed by atoms with van der Waals surface area (Å²) in [5, 5.41) is 5.71. The average Bonchev–Trinajstić information content (AvgIpc) is 2.45. The number of unbranched alkanes of at least 4 members (excludes halogenated alkanes) is 1. The molecule has 0 heterocycles. The second kappa shape index (κ2) is 14.4. The zero-order valence-electron chi connectivity index (χ0n) is 12.2. The molecule has 1 amide bonds. The van der Waals surface area contributed by atoms with Gasteiger partial charge in [-0.25, -0.2) is 0 Å². The normalized spacial score (nSPS) is 12.1. The van der Waals surface area contributed by atoms with E-state index in [0.717, 1.165) is 25.7 Å². The number of rotatable bonds is 14. The summed E-state index contributed by atoms with van der Waals surface area (Å²) in [6.07, 6.45) is 3.02. The van der Waals surface area contributed by atoms with Gasteiger partial charge in [-0.1, -0.05) is 0 Å². The summed E-state index contributed by atoms with van der Waals surface area (Å²) in [7, 11) is 1.86. The molecule has 0 aliphatic rings. The number of aldehydes is 1. The minimum absolute atomic E-state index is 0.0449. The molecule has 20 heavy (non-hydrogen) atoms. The van der Waals surface area contributed by atoms with Gasteiger partial charge in [-0.15, -0.1) is 0 Å². The molecule has 4 N–H and O–H groups in total. The van der Waals surface area contributed by atoms with Gasteiger partial charge in [0.2, 0.25) is 5.91 Å². The largest absolute Gasteiger partial charge is 0.378 e. The van der Waals surface area contributed by atoms with E-state index in [4.69, 9.17) is 15.2 Å². The first kappa shape index (κ1) is 19.0. The fourth-order valence-electron chi connectivity index (χ4n) is 1.41. The van der Waals surface area contributed by atoms with Crippen molar-refractivity contribution in [3.63, 3.8) is 0 Å². The Morgan fingerprint density at radius 2 is 1.95 bits per heavy atom. The smallest absolute Gasteiger partial charge is 0.245 e. The van der Waals surface area contributed by atoms with Crippen LogP contribution in [0.2, 0.25) is 0 Å². The number of likely N-dealkylation sites (N-methyl/N-ethyl adjacent to an activating group) is 1. The van der Waals surface area contributed by atoms with Gasteiger partial charge >= 0.3 is 0 Å². The van der Waals surface area contributed by atoms with Crippen LogP contribution in [0.5, 0.6) is 0 Å². The van der Waals surface area contributed by atoms with Gasteiger partial charge in [0.05, 0.1) is 25.9 Å². The molecule has 0 aromatic carbocycles. The van der Waals surface area contributed by atoms with E-state index in [9.17, 15) is 9.59 Å². The lowest BCUT2D eigenvalue weighted by Crippen LogP contribution is -2.29. The van der Waals surface area contributed by atoms with Gasteiger partial charge in [0, 0.05) is 13.1 Å². The Labute approximate surface area is 120 Å². The average molecular weight is 289 g/mol. The lowest BCUT2D eigenvalue weighted by molar-refractivity contribution is -0.126. The predicted molar refractivity (Wildman–Crippen MR) is 76.5 cm³/mol. The molecule has 0 bridgehead atoms. The molecule has 0 radical (unpaired) electrons. The number of amides is 1. The van der Waals surface area contributed by atoms with Crippen molar-refractivity contribution in [2.75, 3.05) is 46.6 Å². The maximum absolute atomic E-state index is 11.4. The summed E-state index contributed by atoms with van der Waals surface area (Å²) in [5.41, 5.74) is 5.45. The molecule has 0 aromatic heterocycles. The van der Waals surface area contributed by atoms with E-state index in [0.29, 0.717) is 32.8 Å². The zero-order chi connectivity index (χ0) is 15.1. The first-order chi connectivity index (χ1) is 9.70. The molecule has 0 fully saturated rings. The number of carbonyl (C=O) groups is 2. The highest BCUT2D eigenvalue weighted by molar-refractivity contribution is 5.77. The lowest BCUT2D eigenvalue weighted by Gasteiger charge is -2.07. The van der Waals surface area contributed by atoms with Crippen molar-refractivity contribution in [3.05, 3.63) is 0 Å². The van der Waals surface area contributed by atoms with Crippen LogP contribution in [-0.4, -0.2) is 64.8 Å². The fourth-order valence-corrected chi connectivity index (χ4v) is 1.41. The van der Waals surface area contributed by atoms with Crippen molar-refractivity contribution < 1.29 is 19.1 Å². The summed E-state index contributed by atoms with van der Waals surface area (Å²) in [5.74, 6) is -0.139. The summed E-state index contributed by atoms with van der Waals surface area (Å²) in [4.78, 5) is 21.6. The minimum Gasteiger partial charge on any atom is -0.378 e. The van der Waals surface area contributed by atoms with Gasteiger partial charge < -0.3 is 30.6 Å². The van der Waals surface area contributed by atoms with Crippen LogP contribution >= 0.6 is 0 Å². The molecule has 0 aliphatic heterocycles. The highest BCUT2D eigenvalue weighted by Crippen LogP contribution is 1.95. The molecule has 0 spiro atoms. The molecule has 1 atom stereocenters. The van der Waals surface area contributed by atoms with Gasteiger partial charge in [0.1, 0.15) is 12.9 Å². The zero-order valence-corrected chi connectivity index (χ0v) is 12.2. The topological polar surface area (TPSA) is 103 Å². The van der Waals surface area contributed by atoms with Crippen LogP contribution < -0.4 is 16.4 Å². The molecule has 0 aliphatic carbocycles. The SMILES string of the molecule is CNCCOCCOCC(=O)NCCCCC(N)C=O. The molecule has 1 unspecified atom stereocenters. The number of hydrogen-bond acceptors (Lipinski definition) is 6. The Bertz CT molecular complexity index is 252. The Hall–Kier alpha value is -1.02. The molecule has 0 rings (SSSR count). The van der Waals surface area contributed by atoms with Crippen LogP contribution in [-0.2, 0) is 19.1 Å². The molecule has 0 aromatic rings. The van der Waals surface area contributed by atoms with Crippen LogP contribution in [0.3, 0.4) is 0 Å². The number of ether oxygens (including phenoxy) is 2. The second-order valence-corrected chi connectivity index (χ2v) is 4.41. The van der Waals surface area contributed by atoms with Gasteiger partial charge in [-0.3, -0.25) is 4.79 Å². The molecular weight excluding hydrogens is 262 g/mol. The highest BCUT2D eigenvalue weighted by atomic mass is 16.5. The standard InChI is InChI=1S/C13H27N3O4/c1-15-6-7-19-8-9-20-11-13(18)16-5-3-2-4-12(14)10-17/h10,12,15H,2-9,11,14H2,1H3,(H,16,18). The third-order valence-electron chi connectivity index (χ3n) is 2.56. The molecular formula is C13H27N3O4. The van der Waals surface area contributed by atoms with E-state index in [1.54, 1.807) is 0 Å². The first-order valence-electron chi connectivity index (χ1n) is 6.98. The Morgan fingerprint density at radius 1 is 1.20 bits per heavy atom. The molecule has 0 saturated heterocycles. The quantitative estimate of drug-likeness (QED) is 0.281. The van der Waals surface area contributed by atoms with E-state index >= 15 is 0 Å². The highest BCUT2D eigenvalue weighted by Gasteiger charge is 2.02. The minimum atomic E-state index is -0.392. The fraction of sp³-hybridized carbons (Fsp3) is 0.846. The van der Waals surface area contributed by atoms with E-state index in [-0.39, 0.29) is 12.5 Å².